The third-order valence-corrected chi connectivity index (χ3v) is 3.93. The van der Waals surface area contributed by atoms with E-state index in [1.807, 2.05) is 6.92 Å². The molecule has 0 atom stereocenters. The molecular formula is C10H15NO2S. The Morgan fingerprint density at radius 3 is 2.21 bits per heavy atom. The Hall–Kier alpha value is -0.870. The summed E-state index contributed by atoms with van der Waals surface area (Å²) in [6.45, 7) is 2.29. The largest absolute Gasteiger partial charge is 0.326 e. The molecule has 0 saturated heterocycles. The summed E-state index contributed by atoms with van der Waals surface area (Å²) in [5, 5.41) is 0. The number of hydrogen-bond acceptors (Lipinski definition) is 3. The molecule has 78 valence electrons. The van der Waals surface area contributed by atoms with E-state index in [1.54, 1.807) is 24.3 Å². The van der Waals surface area contributed by atoms with Gasteiger partial charge in [0.15, 0.2) is 9.84 Å². The summed E-state index contributed by atoms with van der Waals surface area (Å²) in [7, 11) is -3.08. The molecule has 14 heavy (non-hydrogen) atoms. The Bertz CT molecular complexity index is 381. The van der Waals surface area contributed by atoms with Crippen molar-refractivity contribution in [1.29, 1.82) is 0 Å². The standard InChI is InChI=1S/C10H15NO2S/c1-2-7-14(12,13)10-5-3-9(8-11)4-6-10/h3-6H,2,7-8,11H2,1H3. The fourth-order valence-electron chi connectivity index (χ4n) is 1.22. The molecule has 0 aromatic heterocycles. The summed E-state index contributed by atoms with van der Waals surface area (Å²) >= 11 is 0. The van der Waals surface area contributed by atoms with Crippen molar-refractivity contribution in [3.05, 3.63) is 29.8 Å². The lowest BCUT2D eigenvalue weighted by Crippen LogP contribution is -2.06. The van der Waals surface area contributed by atoms with E-state index >= 15 is 0 Å². The molecule has 1 aromatic carbocycles. The molecule has 4 heteroatoms. The van der Waals surface area contributed by atoms with Crippen molar-refractivity contribution in [2.75, 3.05) is 5.75 Å². The number of benzene rings is 1. The van der Waals surface area contributed by atoms with Gasteiger partial charge in [-0.2, -0.15) is 0 Å². The van der Waals surface area contributed by atoms with Crippen LogP contribution in [-0.4, -0.2) is 14.2 Å². The van der Waals surface area contributed by atoms with Crippen LogP contribution >= 0.6 is 0 Å². The smallest absolute Gasteiger partial charge is 0.178 e. The van der Waals surface area contributed by atoms with Crippen LogP contribution in [0.2, 0.25) is 0 Å². The SMILES string of the molecule is CCCS(=O)(=O)c1ccc(CN)cc1. The van der Waals surface area contributed by atoms with Gasteiger partial charge in [0.25, 0.3) is 0 Å². The molecule has 1 aromatic rings. The molecule has 0 bridgehead atoms. The van der Waals surface area contributed by atoms with Crippen molar-refractivity contribution in [3.63, 3.8) is 0 Å². The van der Waals surface area contributed by atoms with E-state index in [0.717, 1.165) is 5.56 Å². The van der Waals surface area contributed by atoms with Crippen LogP contribution in [0, 0.1) is 0 Å². The van der Waals surface area contributed by atoms with E-state index < -0.39 is 9.84 Å². The van der Waals surface area contributed by atoms with Crippen LogP contribution in [0.15, 0.2) is 29.2 Å². The van der Waals surface area contributed by atoms with Crippen LogP contribution < -0.4 is 5.73 Å². The Morgan fingerprint density at radius 1 is 1.21 bits per heavy atom. The summed E-state index contributed by atoms with van der Waals surface area (Å²) in [5.41, 5.74) is 6.36. The van der Waals surface area contributed by atoms with Gasteiger partial charge in [0, 0.05) is 6.54 Å². The highest BCUT2D eigenvalue weighted by Gasteiger charge is 2.11. The molecule has 0 radical (unpaired) electrons. The minimum absolute atomic E-state index is 0.203. The zero-order valence-corrected chi connectivity index (χ0v) is 9.05. The van der Waals surface area contributed by atoms with Crippen LogP contribution in [0.1, 0.15) is 18.9 Å². The topological polar surface area (TPSA) is 60.2 Å². The molecule has 0 heterocycles. The van der Waals surface area contributed by atoms with E-state index in [2.05, 4.69) is 0 Å². The summed E-state index contributed by atoms with van der Waals surface area (Å²) in [4.78, 5) is 0.386. The van der Waals surface area contributed by atoms with Gasteiger partial charge >= 0.3 is 0 Å². The second-order valence-electron chi connectivity index (χ2n) is 3.17. The minimum atomic E-state index is -3.08. The van der Waals surface area contributed by atoms with Crippen LogP contribution in [0.4, 0.5) is 0 Å². The maximum atomic E-state index is 11.6. The molecule has 0 saturated carbocycles. The Labute approximate surface area is 84.9 Å². The lowest BCUT2D eigenvalue weighted by molar-refractivity contribution is 0.594. The molecule has 0 spiro atoms. The molecule has 0 amide bonds. The first-order valence-corrected chi connectivity index (χ1v) is 6.27. The van der Waals surface area contributed by atoms with E-state index in [1.165, 1.54) is 0 Å². The number of rotatable bonds is 4. The number of hydrogen-bond donors (Lipinski definition) is 1. The maximum Gasteiger partial charge on any atom is 0.178 e. The van der Waals surface area contributed by atoms with Crippen LogP contribution in [0.5, 0.6) is 0 Å². The van der Waals surface area contributed by atoms with Gasteiger partial charge in [0.1, 0.15) is 0 Å². The average molecular weight is 213 g/mol. The van der Waals surface area contributed by atoms with Crippen LogP contribution in [0.3, 0.4) is 0 Å². The van der Waals surface area contributed by atoms with Gasteiger partial charge in [-0.3, -0.25) is 0 Å². The molecule has 0 aliphatic carbocycles. The van der Waals surface area contributed by atoms with Crippen LogP contribution in [0.25, 0.3) is 0 Å². The first kappa shape index (κ1) is 11.2. The monoisotopic (exact) mass is 213 g/mol. The maximum absolute atomic E-state index is 11.6. The molecule has 2 N–H and O–H groups in total. The van der Waals surface area contributed by atoms with Crippen LogP contribution in [-0.2, 0) is 16.4 Å². The first-order valence-electron chi connectivity index (χ1n) is 4.62. The second kappa shape index (κ2) is 4.57. The average Bonchev–Trinajstić information content (AvgIpc) is 2.18. The van der Waals surface area contributed by atoms with Crippen molar-refractivity contribution in [1.82, 2.24) is 0 Å². The van der Waals surface area contributed by atoms with Gasteiger partial charge in [-0.1, -0.05) is 19.1 Å². The van der Waals surface area contributed by atoms with Crippen molar-refractivity contribution < 1.29 is 8.42 Å². The Balaban J connectivity index is 2.97. The lowest BCUT2D eigenvalue weighted by atomic mass is 10.2. The van der Waals surface area contributed by atoms with Gasteiger partial charge in [-0.15, -0.1) is 0 Å². The molecular weight excluding hydrogens is 198 g/mol. The van der Waals surface area contributed by atoms with Gasteiger partial charge < -0.3 is 5.73 Å². The number of nitrogens with two attached hydrogens (primary N) is 1. The fraction of sp³-hybridized carbons (Fsp3) is 0.400. The van der Waals surface area contributed by atoms with Gasteiger partial charge in [-0.25, -0.2) is 8.42 Å². The third-order valence-electron chi connectivity index (χ3n) is 1.99. The second-order valence-corrected chi connectivity index (χ2v) is 5.28. The third kappa shape index (κ3) is 2.56. The molecule has 0 fully saturated rings. The predicted octanol–water partition coefficient (Wildman–Crippen LogP) is 1.33. The van der Waals surface area contributed by atoms with Crippen molar-refractivity contribution in [2.24, 2.45) is 5.73 Å². The molecule has 1 rings (SSSR count). The first-order chi connectivity index (χ1) is 6.60. The summed E-state index contributed by atoms with van der Waals surface area (Å²) in [6, 6.07) is 6.74. The van der Waals surface area contributed by atoms with E-state index in [0.29, 0.717) is 17.9 Å². The Morgan fingerprint density at radius 2 is 1.79 bits per heavy atom. The highest BCUT2D eigenvalue weighted by Crippen LogP contribution is 2.12. The minimum Gasteiger partial charge on any atom is -0.326 e. The normalized spacial score (nSPS) is 11.6. The summed E-state index contributed by atoms with van der Waals surface area (Å²) in [6.07, 6.45) is 0.640. The van der Waals surface area contributed by atoms with E-state index in [-0.39, 0.29) is 5.75 Å². The van der Waals surface area contributed by atoms with Crippen molar-refractivity contribution in [2.45, 2.75) is 24.8 Å². The van der Waals surface area contributed by atoms with Gasteiger partial charge in [0.05, 0.1) is 10.6 Å². The molecule has 0 unspecified atom stereocenters. The van der Waals surface area contributed by atoms with Gasteiger partial charge in [0.2, 0.25) is 0 Å². The zero-order chi connectivity index (χ0) is 10.6. The molecule has 0 aliphatic rings. The fourth-order valence-corrected chi connectivity index (χ4v) is 2.54. The molecule has 3 nitrogen and oxygen atoms in total. The summed E-state index contributed by atoms with van der Waals surface area (Å²) < 4.78 is 23.2. The molecule has 0 aliphatic heterocycles. The quantitative estimate of drug-likeness (QED) is 0.820. The zero-order valence-electron chi connectivity index (χ0n) is 8.23. The Kier molecular flexibility index (Phi) is 3.66. The highest BCUT2D eigenvalue weighted by atomic mass is 32.2. The van der Waals surface area contributed by atoms with E-state index in [9.17, 15) is 8.42 Å². The van der Waals surface area contributed by atoms with Crippen molar-refractivity contribution >= 4 is 9.84 Å². The predicted molar refractivity (Wildman–Crippen MR) is 56.7 cm³/mol. The lowest BCUT2D eigenvalue weighted by Gasteiger charge is -2.03. The highest BCUT2D eigenvalue weighted by molar-refractivity contribution is 7.91. The van der Waals surface area contributed by atoms with Gasteiger partial charge in [-0.05, 0) is 24.1 Å². The summed E-state index contributed by atoms with van der Waals surface area (Å²) in [5.74, 6) is 0.203. The van der Waals surface area contributed by atoms with E-state index in [4.69, 9.17) is 5.73 Å². The number of sulfone groups is 1. The van der Waals surface area contributed by atoms with Crippen molar-refractivity contribution in [3.8, 4) is 0 Å².